The number of nitrogens with zero attached hydrogens (tertiary/aromatic N) is 4. The molecule has 8 nitrogen and oxygen atoms in total. The minimum absolute atomic E-state index is 0.00593. The van der Waals surface area contributed by atoms with Gasteiger partial charge in [0.2, 0.25) is 5.91 Å². The third-order valence-electron chi connectivity index (χ3n) is 5.91. The molecule has 3 aromatic rings. The molecule has 1 N–H and O–H groups in total. The first kappa shape index (κ1) is 23.0. The van der Waals surface area contributed by atoms with Crippen LogP contribution in [0.15, 0.2) is 53.7 Å². The molecule has 0 spiro atoms. The fourth-order valence-corrected chi connectivity index (χ4v) is 5.05. The number of hydrogen-bond donors (Lipinski definition) is 1. The highest BCUT2D eigenvalue weighted by Crippen LogP contribution is 2.33. The minimum Gasteiger partial charge on any atom is -0.325 e. The molecular formula is C24H27N5O3S. The molecule has 1 amide bonds. The molecule has 172 valence electrons. The van der Waals surface area contributed by atoms with E-state index < -0.39 is 4.92 Å². The van der Waals surface area contributed by atoms with E-state index in [9.17, 15) is 14.9 Å². The van der Waals surface area contributed by atoms with E-state index in [-0.39, 0.29) is 17.3 Å². The molecule has 4 rings (SSSR count). The van der Waals surface area contributed by atoms with Crippen LogP contribution in [-0.4, -0.2) is 31.3 Å². The minimum atomic E-state index is -0.445. The summed E-state index contributed by atoms with van der Waals surface area (Å²) in [7, 11) is 0. The van der Waals surface area contributed by atoms with Gasteiger partial charge in [0.05, 0.1) is 10.7 Å². The summed E-state index contributed by atoms with van der Waals surface area (Å²) in [5.41, 5.74) is 2.42. The van der Waals surface area contributed by atoms with E-state index in [1.54, 1.807) is 13.0 Å². The zero-order valence-electron chi connectivity index (χ0n) is 18.6. The first-order valence-corrected chi connectivity index (χ1v) is 12.1. The fourth-order valence-electron chi connectivity index (χ4n) is 4.23. The van der Waals surface area contributed by atoms with Crippen LogP contribution in [0.4, 0.5) is 11.4 Å². The highest BCUT2D eigenvalue weighted by Gasteiger charge is 2.23. The number of aromatic nitrogens is 3. The lowest BCUT2D eigenvalue weighted by Gasteiger charge is -2.25. The second-order valence-electron chi connectivity index (χ2n) is 8.32. The monoisotopic (exact) mass is 465 g/mol. The molecule has 0 unspecified atom stereocenters. The van der Waals surface area contributed by atoms with Gasteiger partial charge in [0.25, 0.3) is 5.69 Å². The van der Waals surface area contributed by atoms with Crippen LogP contribution in [0.1, 0.15) is 55.1 Å². The Morgan fingerprint density at radius 1 is 1.15 bits per heavy atom. The summed E-state index contributed by atoms with van der Waals surface area (Å²) in [5.74, 6) is 0.939. The highest BCUT2D eigenvalue weighted by molar-refractivity contribution is 7.99. The molecule has 1 heterocycles. The molecule has 0 radical (unpaired) electrons. The van der Waals surface area contributed by atoms with Crippen molar-refractivity contribution >= 4 is 29.0 Å². The van der Waals surface area contributed by atoms with Crippen LogP contribution in [-0.2, 0) is 11.2 Å². The van der Waals surface area contributed by atoms with Crippen molar-refractivity contribution in [3.63, 3.8) is 0 Å². The van der Waals surface area contributed by atoms with Crippen LogP contribution in [0.3, 0.4) is 0 Å². The van der Waals surface area contributed by atoms with Crippen molar-refractivity contribution < 1.29 is 9.72 Å². The summed E-state index contributed by atoms with van der Waals surface area (Å²) >= 11 is 1.38. The van der Waals surface area contributed by atoms with Crippen LogP contribution < -0.4 is 5.32 Å². The summed E-state index contributed by atoms with van der Waals surface area (Å²) in [5, 5.41) is 23.5. The molecule has 0 saturated heterocycles. The maximum atomic E-state index is 12.6. The van der Waals surface area contributed by atoms with Crippen molar-refractivity contribution in [3.8, 4) is 0 Å². The van der Waals surface area contributed by atoms with Gasteiger partial charge in [-0.3, -0.25) is 14.9 Å². The van der Waals surface area contributed by atoms with Crippen molar-refractivity contribution in [3.05, 3.63) is 75.6 Å². The summed E-state index contributed by atoms with van der Waals surface area (Å²) < 4.78 is 2.24. The predicted molar refractivity (Wildman–Crippen MR) is 129 cm³/mol. The second-order valence-corrected chi connectivity index (χ2v) is 9.26. The third-order valence-corrected chi connectivity index (χ3v) is 6.85. The van der Waals surface area contributed by atoms with E-state index in [2.05, 4.69) is 32.2 Å². The average molecular weight is 466 g/mol. The Morgan fingerprint density at radius 3 is 2.61 bits per heavy atom. The Morgan fingerprint density at radius 2 is 1.91 bits per heavy atom. The highest BCUT2D eigenvalue weighted by atomic mass is 32.2. The number of nitro benzene ring substituents is 1. The predicted octanol–water partition coefficient (Wildman–Crippen LogP) is 5.32. The van der Waals surface area contributed by atoms with Gasteiger partial charge in [-0.1, -0.05) is 61.4 Å². The number of non-ortho nitro benzene ring substituents is 1. The van der Waals surface area contributed by atoms with Gasteiger partial charge < -0.3 is 9.88 Å². The Bertz CT molecular complexity index is 1130. The number of anilines is 1. The lowest BCUT2D eigenvalue weighted by atomic mass is 9.95. The van der Waals surface area contributed by atoms with E-state index in [1.165, 1.54) is 48.7 Å². The van der Waals surface area contributed by atoms with Crippen LogP contribution >= 0.6 is 11.8 Å². The van der Waals surface area contributed by atoms with Crippen LogP contribution in [0.25, 0.3) is 0 Å². The van der Waals surface area contributed by atoms with Gasteiger partial charge in [0, 0.05) is 30.3 Å². The van der Waals surface area contributed by atoms with Crippen LogP contribution in [0.2, 0.25) is 0 Å². The van der Waals surface area contributed by atoms with Gasteiger partial charge in [-0.15, -0.1) is 10.2 Å². The number of hydrogen-bond acceptors (Lipinski definition) is 6. The molecule has 1 aliphatic rings. The Balaban J connectivity index is 1.47. The van der Waals surface area contributed by atoms with E-state index in [4.69, 9.17) is 0 Å². The van der Waals surface area contributed by atoms with Crippen molar-refractivity contribution in [2.24, 2.45) is 0 Å². The lowest BCUT2D eigenvalue weighted by molar-refractivity contribution is -0.384. The molecule has 0 bridgehead atoms. The zero-order valence-corrected chi connectivity index (χ0v) is 19.4. The normalized spacial score (nSPS) is 14.2. The third kappa shape index (κ3) is 5.78. The number of carbonyl (C=O) groups excluding carboxylic acids is 1. The number of nitrogens with one attached hydrogen (secondary N) is 1. The SMILES string of the molecule is Cc1cc([N+](=O)[O-])ccc1NC(=O)CSc1nnc(Cc2ccccc2)n1C1CCCCC1. The molecule has 0 aliphatic heterocycles. The lowest BCUT2D eigenvalue weighted by Crippen LogP contribution is -2.18. The Kier molecular flexibility index (Phi) is 7.39. The van der Waals surface area contributed by atoms with E-state index in [0.717, 1.165) is 23.8 Å². The number of thioether (sulfide) groups is 1. The number of benzene rings is 2. The van der Waals surface area contributed by atoms with Gasteiger partial charge >= 0.3 is 0 Å². The molecule has 1 fully saturated rings. The molecule has 0 atom stereocenters. The van der Waals surface area contributed by atoms with Crippen molar-refractivity contribution in [2.45, 2.75) is 56.6 Å². The molecule has 9 heteroatoms. The summed E-state index contributed by atoms with van der Waals surface area (Å²) in [6, 6.07) is 15.0. The molecule has 33 heavy (non-hydrogen) atoms. The maximum absolute atomic E-state index is 12.6. The number of amides is 1. The first-order chi connectivity index (χ1) is 16.0. The number of rotatable bonds is 8. The average Bonchev–Trinajstić information content (AvgIpc) is 3.22. The van der Waals surface area contributed by atoms with Crippen LogP contribution in [0.5, 0.6) is 0 Å². The number of carbonyl (C=O) groups is 1. The summed E-state index contributed by atoms with van der Waals surface area (Å²) in [6.45, 7) is 1.74. The first-order valence-electron chi connectivity index (χ1n) is 11.2. The van der Waals surface area contributed by atoms with E-state index in [0.29, 0.717) is 23.7 Å². The van der Waals surface area contributed by atoms with Gasteiger partial charge in [-0.2, -0.15) is 0 Å². The quantitative estimate of drug-likeness (QED) is 0.274. The Labute approximate surface area is 197 Å². The second kappa shape index (κ2) is 10.6. The van der Waals surface area contributed by atoms with Crippen molar-refractivity contribution in [1.82, 2.24) is 14.8 Å². The largest absolute Gasteiger partial charge is 0.325 e. The maximum Gasteiger partial charge on any atom is 0.269 e. The van der Waals surface area contributed by atoms with Crippen molar-refractivity contribution in [2.75, 3.05) is 11.1 Å². The standard InChI is InChI=1S/C24H27N5O3S/c1-17-14-20(29(31)32)12-13-21(17)25-23(30)16-33-24-27-26-22(15-18-8-4-2-5-9-18)28(24)19-10-6-3-7-11-19/h2,4-5,8-9,12-14,19H,3,6-7,10-11,15-16H2,1H3,(H,25,30). The van der Waals surface area contributed by atoms with Gasteiger partial charge in [-0.25, -0.2) is 0 Å². The molecular weight excluding hydrogens is 438 g/mol. The van der Waals surface area contributed by atoms with Gasteiger partial charge in [0.15, 0.2) is 5.16 Å². The molecule has 2 aromatic carbocycles. The molecule has 1 aromatic heterocycles. The topological polar surface area (TPSA) is 103 Å². The van der Waals surface area contributed by atoms with Gasteiger partial charge in [-0.05, 0) is 37.0 Å². The van der Waals surface area contributed by atoms with Crippen molar-refractivity contribution in [1.29, 1.82) is 0 Å². The van der Waals surface area contributed by atoms with E-state index >= 15 is 0 Å². The number of nitro groups is 1. The van der Waals surface area contributed by atoms with Crippen LogP contribution in [0, 0.1) is 17.0 Å². The smallest absolute Gasteiger partial charge is 0.269 e. The van der Waals surface area contributed by atoms with E-state index in [1.807, 2.05) is 18.2 Å². The summed E-state index contributed by atoms with van der Waals surface area (Å²) in [6.07, 6.45) is 6.55. The Hall–Kier alpha value is -3.20. The molecule has 1 saturated carbocycles. The molecule has 1 aliphatic carbocycles. The fraction of sp³-hybridized carbons (Fsp3) is 0.375. The number of aryl methyl sites for hydroxylation is 1. The zero-order chi connectivity index (χ0) is 23.2. The summed E-state index contributed by atoms with van der Waals surface area (Å²) in [4.78, 5) is 23.1. The van der Waals surface area contributed by atoms with Gasteiger partial charge in [0.1, 0.15) is 5.82 Å².